The van der Waals surface area contributed by atoms with Crippen LogP contribution in [0.1, 0.15) is 53.9 Å². The third-order valence-electron chi connectivity index (χ3n) is 5.17. The molecule has 0 atom stereocenters. The molecule has 144 valence electrons. The van der Waals surface area contributed by atoms with Crippen molar-refractivity contribution in [3.05, 3.63) is 89.1 Å². The van der Waals surface area contributed by atoms with Gasteiger partial charge in [-0.05, 0) is 69.2 Å². The molecule has 0 aromatic heterocycles. The third kappa shape index (κ3) is 7.09. The van der Waals surface area contributed by atoms with Crippen LogP contribution in [0.15, 0.2) is 89.1 Å². The van der Waals surface area contributed by atoms with E-state index in [9.17, 15) is 0 Å². The standard InChI is InChI=1S/C26H34O/c1-21(16-17-25-23(3)13-10-19-26(25,4)5)11-9-12-22(2)18-20-27-24-14-7-6-8-15-24/h6-9,11-12,14-18H,10,13,19-20H2,1-5H3/b12-9+,17-16+,21-11+,22-18+. The highest BCUT2D eigenvalue weighted by Crippen LogP contribution is 2.40. The molecule has 1 heteroatoms. The number of benzene rings is 1. The van der Waals surface area contributed by atoms with Crippen molar-refractivity contribution in [2.24, 2.45) is 5.41 Å². The second-order valence-electron chi connectivity index (χ2n) is 8.11. The fourth-order valence-corrected chi connectivity index (χ4v) is 3.49. The van der Waals surface area contributed by atoms with Crippen molar-refractivity contribution in [2.75, 3.05) is 6.61 Å². The second kappa shape index (κ2) is 10.2. The maximum atomic E-state index is 5.70. The average molecular weight is 363 g/mol. The predicted molar refractivity (Wildman–Crippen MR) is 118 cm³/mol. The number of rotatable bonds is 7. The van der Waals surface area contributed by atoms with Crippen LogP contribution in [0.4, 0.5) is 0 Å². The Hall–Kier alpha value is -2.28. The molecule has 0 N–H and O–H groups in total. The van der Waals surface area contributed by atoms with E-state index < -0.39 is 0 Å². The maximum Gasteiger partial charge on any atom is 0.119 e. The summed E-state index contributed by atoms with van der Waals surface area (Å²) in [6, 6.07) is 9.91. The Morgan fingerprint density at radius 1 is 1.07 bits per heavy atom. The van der Waals surface area contributed by atoms with Crippen molar-refractivity contribution in [3.8, 4) is 5.75 Å². The number of para-hydroxylation sites is 1. The summed E-state index contributed by atoms with van der Waals surface area (Å²) in [5.41, 5.74) is 5.82. The highest BCUT2D eigenvalue weighted by atomic mass is 16.5. The zero-order chi connectivity index (χ0) is 19.7. The molecule has 2 rings (SSSR count). The van der Waals surface area contributed by atoms with E-state index in [0.29, 0.717) is 12.0 Å². The third-order valence-corrected chi connectivity index (χ3v) is 5.17. The topological polar surface area (TPSA) is 9.23 Å². The molecule has 0 saturated heterocycles. The van der Waals surface area contributed by atoms with Crippen LogP contribution in [0.3, 0.4) is 0 Å². The minimum atomic E-state index is 0.299. The van der Waals surface area contributed by atoms with Crippen LogP contribution in [0, 0.1) is 5.41 Å². The normalized spacial score (nSPS) is 18.6. The molecule has 0 fully saturated rings. The number of ether oxygens (including phenoxy) is 1. The summed E-state index contributed by atoms with van der Waals surface area (Å²) in [5, 5.41) is 0. The Labute approximate surface area is 165 Å². The summed E-state index contributed by atoms with van der Waals surface area (Å²) in [6.07, 6.45) is 16.9. The molecule has 0 bridgehead atoms. The van der Waals surface area contributed by atoms with E-state index >= 15 is 0 Å². The fraction of sp³-hybridized carbons (Fsp3) is 0.385. The maximum absolute atomic E-state index is 5.70. The van der Waals surface area contributed by atoms with Crippen LogP contribution < -0.4 is 4.74 Å². The Bertz CT molecular complexity index is 755. The lowest BCUT2D eigenvalue weighted by atomic mass is 9.72. The second-order valence-corrected chi connectivity index (χ2v) is 8.11. The van der Waals surface area contributed by atoms with E-state index in [4.69, 9.17) is 4.74 Å². The van der Waals surface area contributed by atoms with Crippen molar-refractivity contribution in [2.45, 2.75) is 53.9 Å². The zero-order valence-corrected chi connectivity index (χ0v) is 17.6. The highest BCUT2D eigenvalue weighted by Gasteiger charge is 2.26. The van der Waals surface area contributed by atoms with Gasteiger partial charge in [-0.25, -0.2) is 0 Å². The molecule has 27 heavy (non-hydrogen) atoms. The molecule has 0 amide bonds. The smallest absolute Gasteiger partial charge is 0.119 e. The van der Waals surface area contributed by atoms with Crippen LogP contribution in [-0.4, -0.2) is 6.61 Å². The first-order chi connectivity index (χ1) is 12.9. The van der Waals surface area contributed by atoms with Gasteiger partial charge < -0.3 is 4.74 Å². The zero-order valence-electron chi connectivity index (χ0n) is 17.6. The van der Waals surface area contributed by atoms with Gasteiger partial charge in [0, 0.05) is 0 Å². The van der Waals surface area contributed by atoms with Crippen molar-refractivity contribution in [3.63, 3.8) is 0 Å². The Morgan fingerprint density at radius 3 is 2.52 bits per heavy atom. The minimum Gasteiger partial charge on any atom is -0.490 e. The van der Waals surface area contributed by atoms with Crippen LogP contribution in [0.25, 0.3) is 0 Å². The van der Waals surface area contributed by atoms with Crippen molar-refractivity contribution >= 4 is 0 Å². The van der Waals surface area contributed by atoms with Crippen molar-refractivity contribution < 1.29 is 4.74 Å². The van der Waals surface area contributed by atoms with Gasteiger partial charge in [0.1, 0.15) is 12.4 Å². The van der Waals surface area contributed by atoms with Gasteiger partial charge in [-0.15, -0.1) is 0 Å². The van der Waals surface area contributed by atoms with Gasteiger partial charge >= 0.3 is 0 Å². The molecule has 1 nitrogen and oxygen atoms in total. The molecule has 0 saturated carbocycles. The molecule has 0 heterocycles. The van der Waals surface area contributed by atoms with Crippen LogP contribution in [-0.2, 0) is 0 Å². The summed E-state index contributed by atoms with van der Waals surface area (Å²) in [7, 11) is 0. The molecule has 1 aliphatic rings. The molecular formula is C26H34O. The van der Waals surface area contributed by atoms with Gasteiger partial charge in [-0.3, -0.25) is 0 Å². The molecule has 1 aliphatic carbocycles. The van der Waals surface area contributed by atoms with Gasteiger partial charge in [0.25, 0.3) is 0 Å². The van der Waals surface area contributed by atoms with E-state index in [1.54, 1.807) is 5.57 Å². The SMILES string of the molecule is CC1=C(/C=C/C(C)=C/C=C/C(C)=C/COc2ccccc2)C(C)(C)CCC1. The molecule has 1 aromatic carbocycles. The first kappa shape index (κ1) is 21.0. The van der Waals surface area contributed by atoms with Crippen LogP contribution in [0.5, 0.6) is 5.75 Å². The Kier molecular flexibility index (Phi) is 7.91. The first-order valence-electron chi connectivity index (χ1n) is 9.96. The first-order valence-corrected chi connectivity index (χ1v) is 9.96. The molecule has 0 radical (unpaired) electrons. The van der Waals surface area contributed by atoms with E-state index in [-0.39, 0.29) is 0 Å². The molecule has 0 aliphatic heterocycles. The van der Waals surface area contributed by atoms with Crippen molar-refractivity contribution in [1.29, 1.82) is 0 Å². The summed E-state index contributed by atoms with van der Waals surface area (Å²) in [6.45, 7) is 11.9. The fourth-order valence-electron chi connectivity index (χ4n) is 3.49. The van der Waals surface area contributed by atoms with Crippen LogP contribution >= 0.6 is 0 Å². The van der Waals surface area contributed by atoms with Crippen LogP contribution in [0.2, 0.25) is 0 Å². The Morgan fingerprint density at radius 2 is 1.81 bits per heavy atom. The molecular weight excluding hydrogens is 328 g/mol. The Balaban J connectivity index is 1.89. The van der Waals surface area contributed by atoms with E-state index in [1.807, 2.05) is 30.3 Å². The number of hydrogen-bond donors (Lipinski definition) is 0. The number of allylic oxidation sites excluding steroid dienone is 9. The largest absolute Gasteiger partial charge is 0.490 e. The van der Waals surface area contributed by atoms with Gasteiger partial charge in [-0.1, -0.05) is 79.1 Å². The van der Waals surface area contributed by atoms with E-state index in [2.05, 4.69) is 71.1 Å². The molecule has 0 spiro atoms. The van der Waals surface area contributed by atoms with Crippen molar-refractivity contribution in [1.82, 2.24) is 0 Å². The van der Waals surface area contributed by atoms with Gasteiger partial charge in [0.2, 0.25) is 0 Å². The highest BCUT2D eigenvalue weighted by molar-refractivity contribution is 5.37. The van der Waals surface area contributed by atoms with E-state index in [1.165, 1.54) is 36.0 Å². The lowest BCUT2D eigenvalue weighted by Gasteiger charge is -2.32. The quantitative estimate of drug-likeness (QED) is 0.454. The van der Waals surface area contributed by atoms with Gasteiger partial charge in [0.05, 0.1) is 0 Å². The number of hydrogen-bond acceptors (Lipinski definition) is 1. The summed E-state index contributed by atoms with van der Waals surface area (Å²) in [4.78, 5) is 0. The summed E-state index contributed by atoms with van der Waals surface area (Å²) >= 11 is 0. The monoisotopic (exact) mass is 362 g/mol. The average Bonchev–Trinajstić information content (AvgIpc) is 2.61. The van der Waals surface area contributed by atoms with Gasteiger partial charge in [-0.2, -0.15) is 0 Å². The lowest BCUT2D eigenvalue weighted by Crippen LogP contribution is -2.19. The predicted octanol–water partition coefficient (Wildman–Crippen LogP) is 7.60. The molecule has 0 unspecified atom stereocenters. The summed E-state index contributed by atoms with van der Waals surface area (Å²) < 4.78 is 5.70. The minimum absolute atomic E-state index is 0.299. The molecule has 1 aromatic rings. The van der Waals surface area contributed by atoms with E-state index in [0.717, 1.165) is 5.75 Å². The lowest BCUT2D eigenvalue weighted by molar-refractivity contribution is 0.362. The van der Waals surface area contributed by atoms with Gasteiger partial charge in [0.15, 0.2) is 0 Å². The summed E-state index contributed by atoms with van der Waals surface area (Å²) in [5.74, 6) is 0.904.